The first kappa shape index (κ1) is 98.7. The van der Waals surface area contributed by atoms with Crippen molar-refractivity contribution in [2.75, 3.05) is 26.2 Å². The number of aliphatic imine (C=N–C) groups is 1. The second-order valence-corrected chi connectivity index (χ2v) is 33.6. The number of benzene rings is 13. The Hall–Kier alpha value is -14.4. The van der Waals surface area contributed by atoms with Gasteiger partial charge in [-0.3, -0.25) is 43.3 Å². The molecule has 25 heteroatoms. The van der Waals surface area contributed by atoms with Gasteiger partial charge in [0.2, 0.25) is 23.6 Å². The van der Waals surface area contributed by atoms with Gasteiger partial charge in [0.25, 0.3) is 23.6 Å². The van der Waals surface area contributed by atoms with E-state index in [-0.39, 0.29) is 41.3 Å². The Balaban J connectivity index is 0.000000161. The molecule has 1 aromatic heterocycles. The van der Waals surface area contributed by atoms with Crippen LogP contribution in [0.1, 0.15) is 113 Å². The van der Waals surface area contributed by atoms with Gasteiger partial charge in [0.15, 0.2) is 5.82 Å². The van der Waals surface area contributed by atoms with Gasteiger partial charge in [-0.05, 0) is 223 Å². The van der Waals surface area contributed by atoms with Crippen molar-refractivity contribution in [3.63, 3.8) is 0 Å². The number of nitrogens with zero attached hydrogens (tertiary/aromatic N) is 2. The summed E-state index contributed by atoms with van der Waals surface area (Å²) in [6, 6.07) is 103. The Morgan fingerprint density at radius 1 is 0.321 bits per heavy atom. The molecule has 8 amide bonds. The van der Waals surface area contributed by atoms with Crippen molar-refractivity contribution in [2.45, 2.75) is 108 Å². The molecule has 0 saturated heterocycles. The highest BCUT2D eigenvalue weighted by molar-refractivity contribution is 6.46. The Bertz CT molecular complexity index is 6110. The van der Waals surface area contributed by atoms with Gasteiger partial charge >= 0.3 is 0 Å². The number of para-hydroxylation sites is 3. The number of carbonyl (C=O) groups excluding carboxylic acids is 8. The Morgan fingerprint density at radius 3 is 0.993 bits per heavy atom. The molecule has 684 valence electrons. The summed E-state index contributed by atoms with van der Waals surface area (Å²) in [5, 5.41) is 25.7. The van der Waals surface area contributed by atoms with Crippen molar-refractivity contribution in [3.8, 4) is 11.5 Å². The lowest BCUT2D eigenvalue weighted by Crippen LogP contribution is -2.50. The lowest BCUT2D eigenvalue weighted by atomic mass is 10.0. The van der Waals surface area contributed by atoms with Crippen molar-refractivity contribution in [3.05, 3.63) is 444 Å². The molecular formula is C109H104Cl4FN11O9. The minimum absolute atomic E-state index is 0.175. The summed E-state index contributed by atoms with van der Waals surface area (Å²) in [5.74, 6) is -1.37. The van der Waals surface area contributed by atoms with E-state index in [1.807, 2.05) is 212 Å². The van der Waals surface area contributed by atoms with Crippen LogP contribution in [0.2, 0.25) is 20.1 Å². The molecule has 1 aliphatic heterocycles. The quantitative estimate of drug-likeness (QED) is 0.0165. The predicted molar refractivity (Wildman–Crippen MR) is 530 cm³/mol. The third kappa shape index (κ3) is 32.9. The number of amides is 8. The van der Waals surface area contributed by atoms with E-state index in [9.17, 15) is 42.7 Å². The first-order valence-corrected chi connectivity index (χ1v) is 45.9. The molecule has 134 heavy (non-hydrogen) atoms. The number of hydrogen-bond acceptors (Lipinski definition) is 11. The number of carbonyl (C=O) groups is 8. The highest BCUT2D eigenvalue weighted by Gasteiger charge is 2.30. The van der Waals surface area contributed by atoms with E-state index >= 15 is 0 Å². The van der Waals surface area contributed by atoms with Crippen LogP contribution in [0, 0.1) is 5.82 Å². The third-order valence-corrected chi connectivity index (χ3v) is 22.7. The van der Waals surface area contributed by atoms with E-state index in [0.717, 1.165) is 90.3 Å². The van der Waals surface area contributed by atoms with Crippen molar-refractivity contribution in [1.29, 1.82) is 0 Å². The molecule has 2 heterocycles. The zero-order valence-corrected chi connectivity index (χ0v) is 76.7. The maximum Gasteiger partial charge on any atom is 0.287 e. The first-order chi connectivity index (χ1) is 65.2. The number of imidazole rings is 1. The molecule has 0 bridgehead atoms. The average Bonchev–Trinajstić information content (AvgIpc) is 1.68. The SMILES string of the molecule is O=C(N[C@@H](Cc1ccc(Cl)cc1)C(=O)NCCCc1ccccc1)C1=NCc2ccccc21.O=C(N[C@@H](Cc1ccc(Cl)cc1)C(=O)NCCCc1ccccc1)c1ccc(F)cc1.O=C(N[C@@H](Cc1ccc(Cl)cc1)C(=O)NCCCc1ccccc1)c1ccc(Oc2ccccc2)cc1.O=C(N[C@@H](Cc1ccc(Cl)cc1)C(=O)NCCCc1ccccc1)c1nc2ccccc2[nH]1. The van der Waals surface area contributed by atoms with Crippen LogP contribution >= 0.6 is 46.4 Å². The van der Waals surface area contributed by atoms with Crippen LogP contribution in [0.4, 0.5) is 4.39 Å². The molecule has 9 N–H and O–H groups in total. The number of rotatable bonds is 38. The summed E-state index contributed by atoms with van der Waals surface area (Å²) in [4.78, 5) is 115. The summed E-state index contributed by atoms with van der Waals surface area (Å²) >= 11 is 23.9. The second kappa shape index (κ2) is 52.6. The van der Waals surface area contributed by atoms with E-state index in [4.69, 9.17) is 51.1 Å². The minimum Gasteiger partial charge on any atom is -0.457 e. The summed E-state index contributed by atoms with van der Waals surface area (Å²) in [7, 11) is 0. The van der Waals surface area contributed by atoms with Gasteiger partial charge in [-0.2, -0.15) is 0 Å². The van der Waals surface area contributed by atoms with Gasteiger partial charge in [-0.25, -0.2) is 9.37 Å². The molecule has 4 atom stereocenters. The Morgan fingerprint density at radius 2 is 0.627 bits per heavy atom. The average molecular weight is 1870 g/mol. The van der Waals surface area contributed by atoms with Gasteiger partial charge in [-0.15, -0.1) is 0 Å². The maximum atomic E-state index is 13.1. The Kier molecular flexibility index (Phi) is 38.8. The zero-order valence-electron chi connectivity index (χ0n) is 73.7. The minimum atomic E-state index is -0.768. The topological polar surface area (TPSA) is 283 Å². The number of ether oxygens (including phenoxy) is 1. The largest absolute Gasteiger partial charge is 0.457 e. The molecule has 13 aromatic carbocycles. The molecule has 20 nitrogen and oxygen atoms in total. The molecule has 0 aliphatic carbocycles. The van der Waals surface area contributed by atoms with Crippen LogP contribution in [0.25, 0.3) is 11.0 Å². The van der Waals surface area contributed by atoms with E-state index in [2.05, 4.69) is 93.9 Å². The van der Waals surface area contributed by atoms with Crippen LogP contribution in [-0.2, 0) is 81.9 Å². The molecule has 0 saturated carbocycles. The van der Waals surface area contributed by atoms with Crippen LogP contribution in [-0.4, -0.2) is 113 Å². The normalized spacial score (nSPS) is 11.9. The first-order valence-electron chi connectivity index (χ1n) is 44.4. The van der Waals surface area contributed by atoms with Crippen LogP contribution in [0.3, 0.4) is 0 Å². The van der Waals surface area contributed by atoms with Crippen LogP contribution in [0.15, 0.2) is 351 Å². The molecule has 0 radical (unpaired) electrons. The third-order valence-electron chi connectivity index (χ3n) is 21.7. The molecule has 14 aromatic rings. The number of fused-ring (bicyclic) bond motifs is 2. The fourth-order valence-electron chi connectivity index (χ4n) is 14.6. The molecule has 0 unspecified atom stereocenters. The van der Waals surface area contributed by atoms with Crippen molar-refractivity contribution in [1.82, 2.24) is 52.5 Å². The number of hydrogen-bond donors (Lipinski definition) is 9. The molecule has 0 spiro atoms. The fraction of sp³-hybridized carbons (Fsp3) is 0.193. The fourth-order valence-corrected chi connectivity index (χ4v) is 15.1. The van der Waals surface area contributed by atoms with Gasteiger partial charge in [-0.1, -0.05) is 271 Å². The highest BCUT2D eigenvalue weighted by atomic mass is 35.5. The second-order valence-electron chi connectivity index (χ2n) is 31.8. The summed E-state index contributed by atoms with van der Waals surface area (Å²) in [6.07, 6.45) is 8.05. The van der Waals surface area contributed by atoms with Crippen molar-refractivity contribution in [2.24, 2.45) is 4.99 Å². The van der Waals surface area contributed by atoms with Crippen LogP contribution < -0.4 is 47.3 Å². The van der Waals surface area contributed by atoms with Crippen molar-refractivity contribution >= 4 is 110 Å². The van der Waals surface area contributed by atoms with Crippen molar-refractivity contribution < 1.29 is 47.5 Å². The number of aromatic nitrogens is 2. The summed E-state index contributed by atoms with van der Waals surface area (Å²) < 4.78 is 19.0. The smallest absolute Gasteiger partial charge is 0.287 e. The van der Waals surface area contributed by atoms with E-state index in [1.165, 1.54) is 46.5 Å². The van der Waals surface area contributed by atoms with E-state index in [0.29, 0.717) is 112 Å². The lowest BCUT2D eigenvalue weighted by molar-refractivity contribution is -0.126. The predicted octanol–water partition coefficient (Wildman–Crippen LogP) is 19.2. The molecule has 1 aliphatic rings. The standard InChI is InChI=1S/C31H29ClN2O3.C27H26ClN3O2.C26H25ClN4O2.C25H24ClFN2O2/c32-26-17-13-24(14-18-26)22-29(31(36)33-21-7-10-23-8-3-1-4-9-23)34-30(35)25-15-19-28(20-16-25)37-27-11-5-2-6-12-27;28-22-14-12-20(13-15-22)17-24(26(32)29-16-6-9-19-7-2-1-3-8-19)31-27(33)25-23-11-5-4-10-21(23)18-30-25;27-20-14-12-19(13-15-20)17-23(25(32)28-16-6-9-18-7-2-1-3-8-18)31-26(33)24-29-21-10-4-5-11-22(21)30-24;26-21-12-8-19(9-13-21)17-23(29-24(30)20-10-14-22(27)15-11-20)25(31)28-16-4-7-18-5-2-1-3-6-18/h1-6,8-9,11-20,29H,7,10,21-22H2,(H,33,36)(H,34,35);1-5,7-8,10-15,24H,6,9,16-18H2,(H,29,32)(H,31,33);1-5,7-8,10-15,23H,6,9,16-17H2,(H,28,32)(H,29,30)(H,31,33);1-3,5-6,8-15,23H,4,7,16-17H2,(H,28,31)(H,29,30)/t29-;24-;2*23-/m0000/s1. The van der Waals surface area contributed by atoms with Crippen LogP contribution in [0.5, 0.6) is 11.5 Å². The zero-order chi connectivity index (χ0) is 94.0. The maximum absolute atomic E-state index is 13.1. The van der Waals surface area contributed by atoms with Gasteiger partial charge < -0.3 is 52.3 Å². The highest BCUT2D eigenvalue weighted by Crippen LogP contribution is 2.25. The number of aromatic amines is 1. The summed E-state index contributed by atoms with van der Waals surface area (Å²) in [6.45, 7) is 2.55. The van der Waals surface area contributed by atoms with Gasteiger partial charge in [0.05, 0.1) is 17.6 Å². The lowest BCUT2D eigenvalue weighted by Gasteiger charge is -2.19. The monoisotopic (exact) mass is 1870 g/mol. The van der Waals surface area contributed by atoms with Gasteiger partial charge in [0, 0.05) is 88.6 Å². The molecular weight excluding hydrogens is 1770 g/mol. The number of nitrogens with one attached hydrogen (secondary N) is 9. The van der Waals surface area contributed by atoms with E-state index in [1.54, 1.807) is 72.8 Å². The molecule has 15 rings (SSSR count). The Labute approximate surface area is 799 Å². The van der Waals surface area contributed by atoms with Gasteiger partial charge in [0.1, 0.15) is 47.2 Å². The summed E-state index contributed by atoms with van der Waals surface area (Å²) in [5.41, 5.74) is 12.9. The number of halogens is 5. The molecule has 0 fully saturated rings. The van der Waals surface area contributed by atoms with E-state index < -0.39 is 41.8 Å². The number of aryl methyl sites for hydroxylation is 4. The number of H-pyrrole nitrogens is 1.